The molecule has 3 aromatic rings. The van der Waals surface area contributed by atoms with E-state index in [1.807, 2.05) is 31.2 Å². The van der Waals surface area contributed by atoms with Crippen molar-refractivity contribution in [2.45, 2.75) is 18.9 Å². The van der Waals surface area contributed by atoms with E-state index in [1.165, 1.54) is 11.8 Å². The average Bonchev–Trinajstić information content (AvgIpc) is 3.16. The van der Waals surface area contributed by atoms with Crippen LogP contribution in [0.1, 0.15) is 23.4 Å². The third-order valence-electron chi connectivity index (χ3n) is 4.98. The summed E-state index contributed by atoms with van der Waals surface area (Å²) >= 11 is 26.4. The minimum Gasteiger partial charge on any atom is -0.490 e. The molecular formula is C24H19Cl4NO3S. The lowest BCUT2D eigenvalue weighted by molar-refractivity contribution is -0.115. The SMILES string of the molecule is CCOc1cc([C@@H]2SCC(=O)N2c2ccc(Cl)cc2)cc(Cl)c1OCc1ccc(Cl)cc1Cl. The molecule has 1 aliphatic heterocycles. The van der Waals surface area contributed by atoms with Gasteiger partial charge in [0.15, 0.2) is 11.5 Å². The summed E-state index contributed by atoms with van der Waals surface area (Å²) < 4.78 is 11.8. The molecule has 1 heterocycles. The Hall–Kier alpha value is -1.76. The summed E-state index contributed by atoms with van der Waals surface area (Å²) in [7, 11) is 0. The lowest BCUT2D eigenvalue weighted by Gasteiger charge is -2.25. The molecule has 0 N–H and O–H groups in total. The van der Waals surface area contributed by atoms with E-state index < -0.39 is 0 Å². The molecule has 0 aliphatic carbocycles. The molecule has 4 rings (SSSR count). The third-order valence-corrected chi connectivity index (χ3v) is 7.31. The number of hydrogen-bond acceptors (Lipinski definition) is 4. The molecule has 1 atom stereocenters. The number of nitrogens with zero attached hydrogens (tertiary/aromatic N) is 1. The zero-order chi connectivity index (χ0) is 23.5. The normalized spacial score (nSPS) is 15.7. The van der Waals surface area contributed by atoms with Crippen molar-refractivity contribution >= 4 is 69.8 Å². The highest BCUT2D eigenvalue weighted by atomic mass is 35.5. The van der Waals surface area contributed by atoms with Gasteiger partial charge in [0, 0.05) is 26.3 Å². The van der Waals surface area contributed by atoms with E-state index >= 15 is 0 Å². The van der Waals surface area contributed by atoms with E-state index in [-0.39, 0.29) is 17.9 Å². The smallest absolute Gasteiger partial charge is 0.238 e. The van der Waals surface area contributed by atoms with Gasteiger partial charge in [-0.1, -0.05) is 52.5 Å². The van der Waals surface area contributed by atoms with Gasteiger partial charge in [0.25, 0.3) is 0 Å². The number of amides is 1. The number of hydrogen-bond donors (Lipinski definition) is 0. The Bertz CT molecular complexity index is 1170. The van der Waals surface area contributed by atoms with Crippen LogP contribution in [0.15, 0.2) is 54.6 Å². The molecule has 4 nitrogen and oxygen atoms in total. The average molecular weight is 543 g/mol. The third kappa shape index (κ3) is 5.50. The molecule has 3 aromatic carbocycles. The first kappa shape index (κ1) is 24.4. The zero-order valence-corrected chi connectivity index (χ0v) is 21.3. The molecule has 0 saturated carbocycles. The Kier molecular flexibility index (Phi) is 7.87. The van der Waals surface area contributed by atoms with Gasteiger partial charge in [-0.25, -0.2) is 0 Å². The lowest BCUT2D eigenvalue weighted by Crippen LogP contribution is -2.27. The second-order valence-electron chi connectivity index (χ2n) is 7.19. The van der Waals surface area contributed by atoms with Crippen LogP contribution in [-0.2, 0) is 11.4 Å². The molecule has 9 heteroatoms. The summed E-state index contributed by atoms with van der Waals surface area (Å²) in [5, 5.41) is 1.80. The van der Waals surface area contributed by atoms with Crippen LogP contribution in [0, 0.1) is 0 Å². The number of ether oxygens (including phenoxy) is 2. The number of thioether (sulfide) groups is 1. The fraction of sp³-hybridized carbons (Fsp3) is 0.208. The number of rotatable bonds is 7. The molecule has 1 aliphatic rings. The highest BCUT2D eigenvalue weighted by Crippen LogP contribution is 2.46. The van der Waals surface area contributed by atoms with Gasteiger partial charge in [-0.2, -0.15) is 0 Å². The summed E-state index contributed by atoms with van der Waals surface area (Å²) in [6.07, 6.45) is 0. The van der Waals surface area contributed by atoms with Crippen LogP contribution < -0.4 is 14.4 Å². The minimum absolute atomic E-state index is 0.0131. The highest BCUT2D eigenvalue weighted by molar-refractivity contribution is 8.00. The maximum atomic E-state index is 12.7. The lowest BCUT2D eigenvalue weighted by atomic mass is 10.1. The van der Waals surface area contributed by atoms with Gasteiger partial charge in [0.05, 0.1) is 17.4 Å². The van der Waals surface area contributed by atoms with E-state index in [9.17, 15) is 4.79 Å². The monoisotopic (exact) mass is 541 g/mol. The standard InChI is InChI=1S/C24H19Cl4NO3S/c1-2-31-21-10-15(24-29(22(30)13-33-24)18-7-5-16(25)6-8-18)9-20(28)23(21)32-12-14-3-4-17(26)11-19(14)27/h3-11,24H,2,12-13H2,1H3/t24-/m0/s1. The molecule has 172 valence electrons. The number of benzene rings is 3. The van der Waals surface area contributed by atoms with Crippen LogP contribution in [0.2, 0.25) is 20.1 Å². The molecule has 0 bridgehead atoms. The minimum atomic E-state index is -0.254. The topological polar surface area (TPSA) is 38.8 Å². The van der Waals surface area contributed by atoms with Gasteiger partial charge in [-0.05, 0) is 61.0 Å². The van der Waals surface area contributed by atoms with Crippen molar-refractivity contribution < 1.29 is 14.3 Å². The van der Waals surface area contributed by atoms with E-state index in [0.717, 1.165) is 16.8 Å². The Morgan fingerprint density at radius 2 is 1.67 bits per heavy atom. The van der Waals surface area contributed by atoms with Gasteiger partial charge in [0.1, 0.15) is 12.0 Å². The van der Waals surface area contributed by atoms with E-state index in [1.54, 1.807) is 35.2 Å². The van der Waals surface area contributed by atoms with Gasteiger partial charge in [-0.3, -0.25) is 9.69 Å². The Morgan fingerprint density at radius 3 is 2.36 bits per heavy atom. The van der Waals surface area contributed by atoms with E-state index in [0.29, 0.717) is 43.9 Å². The highest BCUT2D eigenvalue weighted by Gasteiger charge is 2.35. The molecule has 1 amide bonds. The number of halogens is 4. The van der Waals surface area contributed by atoms with Crippen molar-refractivity contribution in [3.05, 3.63) is 85.8 Å². The second kappa shape index (κ2) is 10.7. The predicted molar refractivity (Wildman–Crippen MR) is 138 cm³/mol. The summed E-state index contributed by atoms with van der Waals surface area (Å²) in [5.41, 5.74) is 2.38. The summed E-state index contributed by atoms with van der Waals surface area (Å²) in [4.78, 5) is 14.4. The second-order valence-corrected chi connectivity index (χ2v) is 9.95. The van der Waals surface area contributed by atoms with Crippen LogP contribution in [0.4, 0.5) is 5.69 Å². The number of carbonyl (C=O) groups is 1. The first-order chi connectivity index (χ1) is 15.9. The molecule has 0 radical (unpaired) electrons. The van der Waals surface area contributed by atoms with Crippen molar-refractivity contribution in [2.24, 2.45) is 0 Å². The fourth-order valence-corrected chi connectivity index (χ4v) is 5.49. The maximum Gasteiger partial charge on any atom is 0.238 e. The molecule has 1 saturated heterocycles. The Morgan fingerprint density at radius 1 is 0.939 bits per heavy atom. The van der Waals surface area contributed by atoms with E-state index in [2.05, 4.69) is 0 Å². The van der Waals surface area contributed by atoms with Gasteiger partial charge >= 0.3 is 0 Å². The van der Waals surface area contributed by atoms with Gasteiger partial charge in [0.2, 0.25) is 5.91 Å². The van der Waals surface area contributed by atoms with Crippen molar-refractivity contribution in [3.8, 4) is 11.5 Å². The van der Waals surface area contributed by atoms with Crippen molar-refractivity contribution in [1.29, 1.82) is 0 Å². The first-order valence-electron chi connectivity index (χ1n) is 10.1. The summed E-state index contributed by atoms with van der Waals surface area (Å²) in [5.74, 6) is 1.29. The van der Waals surface area contributed by atoms with E-state index in [4.69, 9.17) is 55.9 Å². The van der Waals surface area contributed by atoms with Crippen molar-refractivity contribution in [1.82, 2.24) is 0 Å². The van der Waals surface area contributed by atoms with Crippen LogP contribution in [0.5, 0.6) is 11.5 Å². The Labute approximate surface area is 216 Å². The first-order valence-corrected chi connectivity index (χ1v) is 12.7. The fourth-order valence-electron chi connectivity index (χ4n) is 3.47. The molecule has 0 unspecified atom stereocenters. The molecule has 0 aromatic heterocycles. The molecular weight excluding hydrogens is 524 g/mol. The summed E-state index contributed by atoms with van der Waals surface area (Å²) in [6, 6.07) is 16.1. The number of anilines is 1. The van der Waals surface area contributed by atoms with Crippen LogP contribution in [0.25, 0.3) is 0 Å². The van der Waals surface area contributed by atoms with Crippen molar-refractivity contribution in [2.75, 3.05) is 17.3 Å². The summed E-state index contributed by atoms with van der Waals surface area (Å²) in [6.45, 7) is 2.51. The predicted octanol–water partition coefficient (Wildman–Crippen LogP) is 8.06. The van der Waals surface area contributed by atoms with Gasteiger partial charge in [-0.15, -0.1) is 11.8 Å². The molecule has 33 heavy (non-hydrogen) atoms. The largest absolute Gasteiger partial charge is 0.490 e. The van der Waals surface area contributed by atoms with Gasteiger partial charge < -0.3 is 9.47 Å². The van der Waals surface area contributed by atoms with Crippen LogP contribution in [-0.4, -0.2) is 18.3 Å². The molecule has 1 fully saturated rings. The number of carbonyl (C=O) groups excluding carboxylic acids is 1. The molecule has 0 spiro atoms. The zero-order valence-electron chi connectivity index (χ0n) is 17.5. The van der Waals surface area contributed by atoms with Crippen molar-refractivity contribution in [3.63, 3.8) is 0 Å². The van der Waals surface area contributed by atoms with Crippen LogP contribution >= 0.6 is 58.2 Å². The Balaban J connectivity index is 1.64. The quantitative estimate of drug-likeness (QED) is 0.302. The van der Waals surface area contributed by atoms with Crippen LogP contribution in [0.3, 0.4) is 0 Å². The maximum absolute atomic E-state index is 12.7.